The van der Waals surface area contributed by atoms with Crippen LogP contribution in [0.4, 0.5) is 0 Å². The van der Waals surface area contributed by atoms with Gasteiger partial charge in [-0.3, -0.25) is 4.79 Å². The Balaban J connectivity index is 1.94. The number of carbonyl (C=O) groups excluding carboxylic acids is 1. The summed E-state index contributed by atoms with van der Waals surface area (Å²) < 4.78 is 1.25. The van der Waals surface area contributed by atoms with Crippen LogP contribution >= 0.6 is 0 Å². The molecule has 0 atom stereocenters. The summed E-state index contributed by atoms with van der Waals surface area (Å²) in [4.78, 5) is 24.1. The lowest BCUT2D eigenvalue weighted by Crippen LogP contribution is -2.42. The Labute approximate surface area is 98.0 Å². The van der Waals surface area contributed by atoms with E-state index in [1.165, 1.54) is 10.9 Å². The molecule has 1 N–H and O–H groups in total. The summed E-state index contributed by atoms with van der Waals surface area (Å²) in [6, 6.07) is 0.324. The molecule has 0 saturated heterocycles. The minimum absolute atomic E-state index is 0.0350. The SMILES string of the molecule is CN(C(=O)Cn1cc(C(=O)O)nn1)C1CCC1. The number of carboxylic acids is 1. The number of aromatic carboxylic acids is 1. The van der Waals surface area contributed by atoms with Gasteiger partial charge < -0.3 is 10.0 Å². The molecule has 92 valence electrons. The van der Waals surface area contributed by atoms with Gasteiger partial charge in [0.2, 0.25) is 5.91 Å². The molecule has 1 saturated carbocycles. The Kier molecular flexibility index (Phi) is 3.08. The number of carboxylic acid groups (broad SMARTS) is 1. The molecule has 1 fully saturated rings. The molecule has 0 radical (unpaired) electrons. The molecule has 0 spiro atoms. The first-order valence-corrected chi connectivity index (χ1v) is 5.47. The fraction of sp³-hybridized carbons (Fsp3) is 0.600. The van der Waals surface area contributed by atoms with Crippen LogP contribution in [-0.2, 0) is 11.3 Å². The van der Waals surface area contributed by atoms with Crippen LogP contribution in [0.3, 0.4) is 0 Å². The molecule has 17 heavy (non-hydrogen) atoms. The van der Waals surface area contributed by atoms with E-state index in [2.05, 4.69) is 10.3 Å². The number of amides is 1. The van der Waals surface area contributed by atoms with Gasteiger partial charge in [0.05, 0.1) is 6.20 Å². The van der Waals surface area contributed by atoms with Crippen LogP contribution in [0.25, 0.3) is 0 Å². The second kappa shape index (κ2) is 4.52. The van der Waals surface area contributed by atoms with Crippen molar-refractivity contribution in [2.75, 3.05) is 7.05 Å². The van der Waals surface area contributed by atoms with E-state index < -0.39 is 5.97 Å². The van der Waals surface area contributed by atoms with Gasteiger partial charge in [0.15, 0.2) is 5.69 Å². The fourth-order valence-corrected chi connectivity index (χ4v) is 1.70. The summed E-state index contributed by atoms with van der Waals surface area (Å²) in [7, 11) is 1.77. The number of likely N-dealkylation sites (N-methyl/N-ethyl adjacent to an activating group) is 1. The van der Waals surface area contributed by atoms with Gasteiger partial charge in [-0.25, -0.2) is 9.48 Å². The third-order valence-corrected chi connectivity index (χ3v) is 3.07. The highest BCUT2D eigenvalue weighted by molar-refractivity contribution is 5.84. The van der Waals surface area contributed by atoms with Gasteiger partial charge in [0.25, 0.3) is 0 Å². The van der Waals surface area contributed by atoms with E-state index in [-0.39, 0.29) is 18.1 Å². The Morgan fingerprint density at radius 1 is 1.59 bits per heavy atom. The molecule has 0 bridgehead atoms. The molecule has 1 aliphatic rings. The summed E-state index contributed by atoms with van der Waals surface area (Å²) in [5.41, 5.74) is -0.149. The van der Waals surface area contributed by atoms with Gasteiger partial charge in [0.1, 0.15) is 6.54 Å². The van der Waals surface area contributed by atoms with E-state index in [9.17, 15) is 9.59 Å². The summed E-state index contributed by atoms with van der Waals surface area (Å²) >= 11 is 0. The maximum Gasteiger partial charge on any atom is 0.358 e. The van der Waals surface area contributed by atoms with Gasteiger partial charge >= 0.3 is 5.97 Å². The van der Waals surface area contributed by atoms with Crippen LogP contribution in [0.15, 0.2) is 6.20 Å². The van der Waals surface area contributed by atoms with Crippen LogP contribution in [-0.4, -0.2) is 50.0 Å². The van der Waals surface area contributed by atoms with Crippen LogP contribution in [0.2, 0.25) is 0 Å². The summed E-state index contributed by atoms with van der Waals surface area (Å²) in [6.45, 7) is 0.0350. The summed E-state index contributed by atoms with van der Waals surface area (Å²) in [6.07, 6.45) is 4.50. The zero-order valence-electron chi connectivity index (χ0n) is 9.54. The van der Waals surface area contributed by atoms with E-state index in [1.54, 1.807) is 11.9 Å². The number of hydrogen-bond donors (Lipinski definition) is 1. The molecule has 1 aromatic rings. The summed E-state index contributed by atoms with van der Waals surface area (Å²) in [5, 5.41) is 15.7. The maximum atomic E-state index is 11.8. The monoisotopic (exact) mass is 238 g/mol. The van der Waals surface area contributed by atoms with Crippen molar-refractivity contribution in [2.24, 2.45) is 0 Å². The quantitative estimate of drug-likeness (QED) is 0.796. The first-order chi connectivity index (χ1) is 8.08. The minimum atomic E-state index is -1.14. The molecule has 7 nitrogen and oxygen atoms in total. The molecule has 2 rings (SSSR count). The topological polar surface area (TPSA) is 88.3 Å². The van der Waals surface area contributed by atoms with Gasteiger partial charge in [-0.15, -0.1) is 5.10 Å². The highest BCUT2D eigenvalue weighted by Gasteiger charge is 2.25. The Morgan fingerprint density at radius 2 is 2.29 bits per heavy atom. The largest absolute Gasteiger partial charge is 0.476 e. The lowest BCUT2D eigenvalue weighted by molar-refractivity contribution is -0.134. The zero-order chi connectivity index (χ0) is 12.4. The molecule has 0 unspecified atom stereocenters. The molecule has 1 heterocycles. The first-order valence-electron chi connectivity index (χ1n) is 5.47. The van der Waals surface area contributed by atoms with Crippen molar-refractivity contribution in [1.82, 2.24) is 19.9 Å². The standard InChI is InChI=1S/C10H14N4O3/c1-13(7-3-2-4-7)9(15)6-14-5-8(10(16)17)11-12-14/h5,7H,2-4,6H2,1H3,(H,16,17). The van der Waals surface area contributed by atoms with Crippen molar-refractivity contribution < 1.29 is 14.7 Å². The second-order valence-electron chi connectivity index (χ2n) is 4.20. The second-order valence-corrected chi connectivity index (χ2v) is 4.20. The third kappa shape index (κ3) is 2.43. The predicted molar refractivity (Wildman–Crippen MR) is 57.4 cm³/mol. The molecule has 1 aliphatic carbocycles. The van der Waals surface area contributed by atoms with E-state index in [0.717, 1.165) is 19.3 Å². The first kappa shape index (κ1) is 11.6. The Bertz CT molecular complexity index is 439. The maximum absolute atomic E-state index is 11.8. The third-order valence-electron chi connectivity index (χ3n) is 3.07. The molecule has 1 amide bonds. The van der Waals surface area contributed by atoms with E-state index in [4.69, 9.17) is 5.11 Å². The number of hydrogen-bond acceptors (Lipinski definition) is 4. The van der Waals surface area contributed by atoms with Crippen molar-refractivity contribution in [2.45, 2.75) is 31.8 Å². The lowest BCUT2D eigenvalue weighted by atomic mass is 9.92. The zero-order valence-corrected chi connectivity index (χ0v) is 9.54. The smallest absolute Gasteiger partial charge is 0.358 e. The van der Waals surface area contributed by atoms with E-state index in [0.29, 0.717) is 6.04 Å². The molecule has 0 aromatic carbocycles. The number of aromatic nitrogens is 3. The van der Waals surface area contributed by atoms with Crippen molar-refractivity contribution in [1.29, 1.82) is 0 Å². The van der Waals surface area contributed by atoms with Crippen molar-refractivity contribution in [3.8, 4) is 0 Å². The molecule has 1 aromatic heterocycles. The Morgan fingerprint density at radius 3 is 2.76 bits per heavy atom. The van der Waals surface area contributed by atoms with Gasteiger partial charge in [-0.1, -0.05) is 5.21 Å². The Hall–Kier alpha value is -1.92. The van der Waals surface area contributed by atoms with Crippen molar-refractivity contribution >= 4 is 11.9 Å². The number of nitrogens with zero attached hydrogens (tertiary/aromatic N) is 4. The lowest BCUT2D eigenvalue weighted by Gasteiger charge is -2.34. The van der Waals surface area contributed by atoms with Crippen LogP contribution in [0, 0.1) is 0 Å². The number of carbonyl (C=O) groups is 2. The minimum Gasteiger partial charge on any atom is -0.476 e. The van der Waals surface area contributed by atoms with E-state index in [1.807, 2.05) is 0 Å². The normalized spacial score (nSPS) is 15.4. The van der Waals surface area contributed by atoms with Gasteiger partial charge in [0, 0.05) is 13.1 Å². The predicted octanol–water partition coefficient (Wildman–Crippen LogP) is -0.0128. The molecular weight excluding hydrogens is 224 g/mol. The van der Waals surface area contributed by atoms with Gasteiger partial charge in [-0.2, -0.15) is 0 Å². The van der Waals surface area contributed by atoms with Crippen molar-refractivity contribution in [3.63, 3.8) is 0 Å². The average Bonchev–Trinajstić information content (AvgIpc) is 2.63. The van der Waals surface area contributed by atoms with Gasteiger partial charge in [-0.05, 0) is 19.3 Å². The summed E-state index contributed by atoms with van der Waals surface area (Å²) in [5.74, 6) is -1.22. The fourth-order valence-electron chi connectivity index (χ4n) is 1.70. The molecular formula is C10H14N4O3. The van der Waals surface area contributed by atoms with Crippen LogP contribution in [0.1, 0.15) is 29.8 Å². The molecule has 7 heteroatoms. The highest BCUT2D eigenvalue weighted by Crippen LogP contribution is 2.23. The molecule has 0 aliphatic heterocycles. The van der Waals surface area contributed by atoms with Crippen LogP contribution < -0.4 is 0 Å². The highest BCUT2D eigenvalue weighted by atomic mass is 16.4. The average molecular weight is 238 g/mol. The van der Waals surface area contributed by atoms with E-state index >= 15 is 0 Å². The van der Waals surface area contributed by atoms with Crippen LogP contribution in [0.5, 0.6) is 0 Å². The number of rotatable bonds is 4. The van der Waals surface area contributed by atoms with Crippen molar-refractivity contribution in [3.05, 3.63) is 11.9 Å².